The Kier molecular flexibility index (Phi) is 9.91. The lowest BCUT2D eigenvalue weighted by Crippen LogP contribution is -2.52. The van der Waals surface area contributed by atoms with Gasteiger partial charge in [0, 0.05) is 18.0 Å². The second-order valence-electron chi connectivity index (χ2n) is 9.83. The smallest absolute Gasteiger partial charge is 0.329 e. The predicted octanol–water partition coefficient (Wildman–Crippen LogP) is 6.11. The minimum atomic E-state index is -1.46. The van der Waals surface area contributed by atoms with Crippen LogP contribution in [0.1, 0.15) is 40.9 Å². The van der Waals surface area contributed by atoms with Crippen molar-refractivity contribution in [1.29, 1.82) is 0 Å². The van der Waals surface area contributed by atoms with Crippen molar-refractivity contribution in [2.45, 2.75) is 38.1 Å². The van der Waals surface area contributed by atoms with Gasteiger partial charge in [0.05, 0.1) is 19.5 Å². The highest BCUT2D eigenvalue weighted by Gasteiger charge is 2.35. The maximum Gasteiger partial charge on any atom is 0.329 e. The van der Waals surface area contributed by atoms with E-state index in [0.29, 0.717) is 23.4 Å². The third-order valence-electron chi connectivity index (χ3n) is 6.78. The summed E-state index contributed by atoms with van der Waals surface area (Å²) in [4.78, 5) is 29.5. The molecule has 2 N–H and O–H groups in total. The van der Waals surface area contributed by atoms with E-state index in [2.05, 4.69) is 10.3 Å². The minimum Gasteiger partial charge on any atom is -0.480 e. The molecule has 7 nitrogen and oxygen atoms in total. The van der Waals surface area contributed by atoms with E-state index >= 15 is 0 Å². The number of ether oxygens (including phenoxy) is 1. The number of carboxylic acid groups (broad SMARTS) is 1. The predicted molar refractivity (Wildman–Crippen MR) is 154 cm³/mol. The van der Waals surface area contributed by atoms with Gasteiger partial charge in [0.15, 0.2) is 0 Å². The number of aromatic nitrogens is 2. The Labute approximate surface area is 241 Å². The second-order valence-corrected chi connectivity index (χ2v) is 10.8. The number of amides is 1. The Morgan fingerprint density at radius 1 is 1.07 bits per heavy atom. The molecule has 2 unspecified atom stereocenters. The molecule has 0 radical (unpaired) electrons. The number of imidazole rings is 1. The number of hydrogen-bond donors (Lipinski definition) is 2. The lowest BCUT2D eigenvalue weighted by Gasteiger charge is -2.26. The third-order valence-corrected chi connectivity index (χ3v) is 7.39. The lowest BCUT2D eigenvalue weighted by molar-refractivity contribution is -0.143. The SMILES string of the molecule is CSCCC(C)(NC(=O)c1ccc(COC(Cn2ccnc2)c2ccc(F)cc2)cc1-c1ccc(F)cc1)C(=O)O. The second kappa shape index (κ2) is 13.6. The standard InChI is InChI=1S/C31H31F2N3O4S/c1-31(30(38)39,13-16-41-2)35-29(37)26-12-3-21(17-27(26)22-4-8-24(32)9-5-22)19-40-28(18-36-15-14-34-20-36)23-6-10-25(33)11-7-23/h3-12,14-15,17,20,28H,13,16,18-19H2,1-2H3,(H,35,37)(H,38,39). The number of carbonyl (C=O) groups is 2. The molecule has 10 heteroatoms. The molecule has 0 aliphatic rings. The average molecular weight is 580 g/mol. The fraction of sp³-hybridized carbons (Fsp3) is 0.258. The highest BCUT2D eigenvalue weighted by molar-refractivity contribution is 7.98. The summed E-state index contributed by atoms with van der Waals surface area (Å²) in [5.41, 5.74) is 1.42. The summed E-state index contributed by atoms with van der Waals surface area (Å²) in [7, 11) is 0. The van der Waals surface area contributed by atoms with Gasteiger partial charge in [0.2, 0.25) is 0 Å². The largest absolute Gasteiger partial charge is 0.480 e. The summed E-state index contributed by atoms with van der Waals surface area (Å²) in [6, 6.07) is 17.0. The number of rotatable bonds is 13. The number of hydrogen-bond acceptors (Lipinski definition) is 5. The van der Waals surface area contributed by atoms with Gasteiger partial charge in [-0.2, -0.15) is 11.8 Å². The highest BCUT2D eigenvalue weighted by atomic mass is 32.2. The molecule has 4 aromatic rings. The number of thioether (sulfide) groups is 1. The van der Waals surface area contributed by atoms with Crippen molar-refractivity contribution in [3.05, 3.63) is 114 Å². The molecular weight excluding hydrogens is 548 g/mol. The van der Waals surface area contributed by atoms with Gasteiger partial charge in [-0.3, -0.25) is 4.79 Å². The number of nitrogens with zero attached hydrogens (tertiary/aromatic N) is 2. The van der Waals surface area contributed by atoms with E-state index in [1.165, 1.54) is 43.0 Å². The van der Waals surface area contributed by atoms with Crippen molar-refractivity contribution in [2.75, 3.05) is 12.0 Å². The van der Waals surface area contributed by atoms with Crippen molar-refractivity contribution in [2.24, 2.45) is 0 Å². The Morgan fingerprint density at radius 2 is 1.76 bits per heavy atom. The van der Waals surface area contributed by atoms with Crippen LogP contribution in [0.3, 0.4) is 0 Å². The van der Waals surface area contributed by atoms with E-state index in [4.69, 9.17) is 4.74 Å². The zero-order valence-corrected chi connectivity index (χ0v) is 23.5. The Hall–Kier alpha value is -4.02. The first-order valence-electron chi connectivity index (χ1n) is 12.9. The molecule has 41 heavy (non-hydrogen) atoms. The van der Waals surface area contributed by atoms with Crippen LogP contribution in [0.2, 0.25) is 0 Å². The fourth-order valence-corrected chi connectivity index (χ4v) is 4.92. The molecule has 0 aliphatic heterocycles. The number of carbonyl (C=O) groups excluding carboxylic acids is 1. The molecule has 0 saturated heterocycles. The van der Waals surface area contributed by atoms with Crippen LogP contribution in [0.25, 0.3) is 11.1 Å². The maximum atomic E-state index is 13.7. The summed E-state index contributed by atoms with van der Waals surface area (Å²) >= 11 is 1.49. The first kappa shape index (κ1) is 30.0. The van der Waals surface area contributed by atoms with Gasteiger partial charge in [0.1, 0.15) is 23.3 Å². The van der Waals surface area contributed by atoms with Crippen LogP contribution in [0.15, 0.2) is 85.5 Å². The van der Waals surface area contributed by atoms with Crippen LogP contribution in [0.4, 0.5) is 8.78 Å². The summed E-state index contributed by atoms with van der Waals surface area (Å²) < 4.78 is 35.4. The normalized spacial score (nSPS) is 13.4. The Balaban J connectivity index is 1.63. The number of nitrogens with one attached hydrogen (secondary N) is 1. The van der Waals surface area contributed by atoms with Gasteiger partial charge in [-0.1, -0.05) is 30.3 Å². The molecule has 3 aromatic carbocycles. The van der Waals surface area contributed by atoms with Gasteiger partial charge < -0.3 is 19.7 Å². The van der Waals surface area contributed by atoms with E-state index in [9.17, 15) is 23.5 Å². The molecule has 2 atom stereocenters. The quantitative estimate of drug-likeness (QED) is 0.199. The minimum absolute atomic E-state index is 0.160. The Morgan fingerprint density at radius 3 is 2.37 bits per heavy atom. The number of aliphatic carboxylic acids is 1. The van der Waals surface area contributed by atoms with Gasteiger partial charge in [-0.05, 0) is 84.0 Å². The zero-order chi connectivity index (χ0) is 29.4. The summed E-state index contributed by atoms with van der Waals surface area (Å²) in [6.45, 7) is 2.09. The van der Waals surface area contributed by atoms with Crippen LogP contribution in [-0.4, -0.2) is 44.1 Å². The molecule has 1 amide bonds. The molecular formula is C31H31F2N3O4S. The van der Waals surface area contributed by atoms with Crippen LogP contribution in [0, 0.1) is 11.6 Å². The topological polar surface area (TPSA) is 93.5 Å². The fourth-order valence-electron chi connectivity index (χ4n) is 4.31. The number of carboxylic acids is 1. The van der Waals surface area contributed by atoms with Gasteiger partial charge in [-0.25, -0.2) is 18.6 Å². The van der Waals surface area contributed by atoms with Crippen molar-refractivity contribution >= 4 is 23.6 Å². The average Bonchev–Trinajstić information content (AvgIpc) is 3.48. The summed E-state index contributed by atoms with van der Waals surface area (Å²) in [6.07, 6.45) is 6.84. The molecule has 214 valence electrons. The van der Waals surface area contributed by atoms with Crippen LogP contribution in [0.5, 0.6) is 0 Å². The van der Waals surface area contributed by atoms with Crippen LogP contribution >= 0.6 is 11.8 Å². The number of halogens is 2. The molecule has 0 saturated carbocycles. The molecule has 1 heterocycles. The van der Waals surface area contributed by atoms with E-state index in [1.807, 2.05) is 17.0 Å². The van der Waals surface area contributed by atoms with E-state index in [-0.39, 0.29) is 24.4 Å². The zero-order valence-electron chi connectivity index (χ0n) is 22.7. The monoisotopic (exact) mass is 579 g/mol. The van der Waals surface area contributed by atoms with Crippen molar-refractivity contribution in [1.82, 2.24) is 14.9 Å². The highest BCUT2D eigenvalue weighted by Crippen LogP contribution is 2.29. The first-order valence-corrected chi connectivity index (χ1v) is 14.3. The summed E-state index contributed by atoms with van der Waals surface area (Å²) in [5, 5.41) is 12.5. The third kappa shape index (κ3) is 7.80. The molecule has 0 aliphatic carbocycles. The number of benzene rings is 3. The van der Waals surface area contributed by atoms with Crippen molar-refractivity contribution < 1.29 is 28.2 Å². The van der Waals surface area contributed by atoms with Gasteiger partial charge in [0.25, 0.3) is 5.91 Å². The van der Waals surface area contributed by atoms with E-state index < -0.39 is 29.3 Å². The molecule has 0 bridgehead atoms. The van der Waals surface area contributed by atoms with Crippen molar-refractivity contribution in [3.63, 3.8) is 0 Å². The van der Waals surface area contributed by atoms with E-state index in [1.54, 1.807) is 55.0 Å². The molecule has 0 fully saturated rings. The molecule has 1 aromatic heterocycles. The van der Waals surface area contributed by atoms with Crippen LogP contribution in [-0.2, 0) is 22.7 Å². The Bertz CT molecular complexity index is 1460. The first-order chi connectivity index (χ1) is 19.7. The van der Waals surface area contributed by atoms with Gasteiger partial charge in [-0.15, -0.1) is 0 Å². The van der Waals surface area contributed by atoms with Crippen molar-refractivity contribution in [3.8, 4) is 11.1 Å². The van der Waals surface area contributed by atoms with Crippen LogP contribution < -0.4 is 5.32 Å². The molecule has 0 spiro atoms. The molecule has 4 rings (SSSR count). The van der Waals surface area contributed by atoms with Gasteiger partial charge >= 0.3 is 5.97 Å². The maximum absolute atomic E-state index is 13.7. The lowest BCUT2D eigenvalue weighted by atomic mass is 9.94. The summed E-state index contributed by atoms with van der Waals surface area (Å²) in [5.74, 6) is -1.89. The van der Waals surface area contributed by atoms with E-state index in [0.717, 1.165) is 11.1 Å².